The molecule has 0 atom stereocenters. The summed E-state index contributed by atoms with van der Waals surface area (Å²) in [5, 5.41) is 19.2. The molecule has 1 aromatic heterocycles. The van der Waals surface area contributed by atoms with E-state index < -0.39 is 0 Å². The number of rotatable bonds is 6. The van der Waals surface area contributed by atoms with E-state index in [4.69, 9.17) is 4.74 Å². The number of aryl methyl sites for hydroxylation is 1. The second-order valence-corrected chi connectivity index (χ2v) is 6.13. The Balaban J connectivity index is 1.83. The molecule has 0 radical (unpaired) electrons. The minimum absolute atomic E-state index is 0.106. The Labute approximate surface area is 141 Å². The first-order valence-corrected chi connectivity index (χ1v) is 8.40. The first-order chi connectivity index (χ1) is 11.6. The van der Waals surface area contributed by atoms with E-state index in [0.29, 0.717) is 24.0 Å². The van der Waals surface area contributed by atoms with Crippen LogP contribution >= 0.6 is 0 Å². The summed E-state index contributed by atoms with van der Waals surface area (Å²) in [5.74, 6) is 1.30. The third-order valence-corrected chi connectivity index (χ3v) is 4.34. The molecule has 24 heavy (non-hydrogen) atoms. The number of ether oxygens (including phenoxy) is 1. The summed E-state index contributed by atoms with van der Waals surface area (Å²) in [6, 6.07) is 11.1. The van der Waals surface area contributed by atoms with Gasteiger partial charge in [0.1, 0.15) is 28.2 Å². The van der Waals surface area contributed by atoms with E-state index in [2.05, 4.69) is 24.0 Å². The van der Waals surface area contributed by atoms with Crippen LogP contribution in [0.3, 0.4) is 0 Å². The maximum Gasteiger partial charge on any atom is 0.146 e. The molecule has 0 saturated heterocycles. The van der Waals surface area contributed by atoms with Crippen LogP contribution in [0.25, 0.3) is 16.7 Å². The van der Waals surface area contributed by atoms with Gasteiger partial charge in [-0.05, 0) is 42.7 Å². The number of aromatic hydroxyl groups is 1. The minimum atomic E-state index is 0.106. The lowest BCUT2D eigenvalue weighted by molar-refractivity contribution is 0.240. The highest BCUT2D eigenvalue weighted by molar-refractivity contribution is 5.74. The average molecular weight is 325 g/mol. The molecule has 0 saturated carbocycles. The zero-order chi connectivity index (χ0) is 17.1. The van der Waals surface area contributed by atoms with Crippen LogP contribution < -0.4 is 4.74 Å². The molecule has 126 valence electrons. The Kier molecular flexibility index (Phi) is 4.69. The van der Waals surface area contributed by atoms with Crippen molar-refractivity contribution in [1.82, 2.24) is 15.0 Å². The molecule has 2 aromatic carbocycles. The van der Waals surface area contributed by atoms with Gasteiger partial charge in [-0.3, -0.25) is 0 Å². The lowest BCUT2D eigenvalue weighted by atomic mass is 10.1. The predicted molar refractivity (Wildman–Crippen MR) is 94.8 cm³/mol. The number of nitrogens with zero attached hydrogens (tertiary/aromatic N) is 3. The van der Waals surface area contributed by atoms with Gasteiger partial charge in [0.2, 0.25) is 0 Å². The van der Waals surface area contributed by atoms with Crippen molar-refractivity contribution in [2.24, 2.45) is 5.92 Å². The Bertz CT molecular complexity index is 838. The molecule has 3 aromatic rings. The van der Waals surface area contributed by atoms with Crippen LogP contribution in [0.4, 0.5) is 0 Å². The van der Waals surface area contributed by atoms with E-state index >= 15 is 0 Å². The summed E-state index contributed by atoms with van der Waals surface area (Å²) < 4.78 is 5.79. The fourth-order valence-electron chi connectivity index (χ4n) is 2.63. The highest BCUT2D eigenvalue weighted by atomic mass is 16.5. The van der Waals surface area contributed by atoms with Crippen molar-refractivity contribution in [1.29, 1.82) is 0 Å². The van der Waals surface area contributed by atoms with Crippen LogP contribution in [0.5, 0.6) is 11.5 Å². The molecule has 3 rings (SSSR count). The van der Waals surface area contributed by atoms with Crippen molar-refractivity contribution in [3.63, 3.8) is 0 Å². The van der Waals surface area contributed by atoms with E-state index in [-0.39, 0.29) is 5.75 Å². The van der Waals surface area contributed by atoms with E-state index in [1.807, 2.05) is 31.2 Å². The van der Waals surface area contributed by atoms with Crippen LogP contribution in [0.2, 0.25) is 0 Å². The van der Waals surface area contributed by atoms with Crippen molar-refractivity contribution in [2.75, 3.05) is 6.61 Å². The lowest BCUT2D eigenvalue weighted by Gasteiger charge is -2.14. The molecule has 0 bridgehead atoms. The number of hydrogen-bond acceptors (Lipinski definition) is 4. The molecule has 0 aliphatic heterocycles. The summed E-state index contributed by atoms with van der Waals surface area (Å²) in [4.78, 5) is 1.46. The monoisotopic (exact) mass is 325 g/mol. The van der Waals surface area contributed by atoms with Gasteiger partial charge in [-0.15, -0.1) is 15.0 Å². The van der Waals surface area contributed by atoms with Crippen molar-refractivity contribution in [3.8, 4) is 17.2 Å². The van der Waals surface area contributed by atoms with Gasteiger partial charge in [0.15, 0.2) is 0 Å². The van der Waals surface area contributed by atoms with Crippen LogP contribution in [0, 0.1) is 12.8 Å². The Morgan fingerprint density at radius 3 is 2.50 bits per heavy atom. The van der Waals surface area contributed by atoms with Crippen LogP contribution in [-0.4, -0.2) is 26.7 Å². The van der Waals surface area contributed by atoms with E-state index in [0.717, 1.165) is 29.4 Å². The number of benzene rings is 2. The number of aromatic nitrogens is 3. The molecule has 1 N–H and O–H groups in total. The van der Waals surface area contributed by atoms with Crippen molar-refractivity contribution in [3.05, 3.63) is 42.0 Å². The Hall–Kier alpha value is -2.56. The quantitative estimate of drug-likeness (QED) is 0.736. The summed E-state index contributed by atoms with van der Waals surface area (Å²) in [5.41, 5.74) is 3.28. The number of fused-ring (bicyclic) bond motifs is 1. The molecule has 1 heterocycles. The first kappa shape index (κ1) is 16.3. The van der Waals surface area contributed by atoms with Gasteiger partial charge >= 0.3 is 0 Å². The lowest BCUT2D eigenvalue weighted by Crippen LogP contribution is -2.10. The SMILES string of the molecule is CCC(CC)COc1ccc(-n2nc3ccc(C)cc3n2)c(O)c1. The second-order valence-electron chi connectivity index (χ2n) is 6.13. The topological polar surface area (TPSA) is 60.2 Å². The molecule has 0 amide bonds. The van der Waals surface area contributed by atoms with Gasteiger partial charge in [0.25, 0.3) is 0 Å². The number of phenols is 1. The molecular formula is C19H23N3O2. The average Bonchev–Trinajstić information content (AvgIpc) is 2.98. The van der Waals surface area contributed by atoms with Crippen molar-refractivity contribution < 1.29 is 9.84 Å². The maximum atomic E-state index is 10.3. The van der Waals surface area contributed by atoms with E-state index in [9.17, 15) is 5.11 Å². The van der Waals surface area contributed by atoms with Crippen LogP contribution in [0.15, 0.2) is 36.4 Å². The summed E-state index contributed by atoms with van der Waals surface area (Å²) in [6.45, 7) is 7.00. The predicted octanol–water partition coefficient (Wildman–Crippen LogP) is 4.25. The Morgan fingerprint density at radius 1 is 1.04 bits per heavy atom. The summed E-state index contributed by atoms with van der Waals surface area (Å²) in [7, 11) is 0. The second kappa shape index (κ2) is 6.91. The molecule has 5 heteroatoms. The van der Waals surface area contributed by atoms with Crippen molar-refractivity contribution >= 4 is 11.0 Å². The third kappa shape index (κ3) is 3.35. The fraction of sp³-hybridized carbons (Fsp3) is 0.368. The minimum Gasteiger partial charge on any atom is -0.505 e. The summed E-state index contributed by atoms with van der Waals surface area (Å²) >= 11 is 0. The van der Waals surface area contributed by atoms with Crippen LogP contribution in [0.1, 0.15) is 32.3 Å². The third-order valence-electron chi connectivity index (χ3n) is 4.34. The highest BCUT2D eigenvalue weighted by Gasteiger charge is 2.11. The molecule has 0 unspecified atom stereocenters. The summed E-state index contributed by atoms with van der Waals surface area (Å²) in [6.07, 6.45) is 2.17. The largest absolute Gasteiger partial charge is 0.505 e. The van der Waals surface area contributed by atoms with Gasteiger partial charge in [-0.2, -0.15) is 0 Å². The maximum absolute atomic E-state index is 10.3. The highest BCUT2D eigenvalue weighted by Crippen LogP contribution is 2.27. The molecular weight excluding hydrogens is 302 g/mol. The zero-order valence-corrected chi connectivity index (χ0v) is 14.4. The van der Waals surface area contributed by atoms with Crippen LogP contribution in [-0.2, 0) is 0 Å². The zero-order valence-electron chi connectivity index (χ0n) is 14.4. The smallest absolute Gasteiger partial charge is 0.146 e. The molecule has 0 spiro atoms. The molecule has 5 nitrogen and oxygen atoms in total. The van der Waals surface area contributed by atoms with Gasteiger partial charge < -0.3 is 9.84 Å². The molecule has 0 aliphatic carbocycles. The van der Waals surface area contributed by atoms with E-state index in [1.54, 1.807) is 12.1 Å². The fourth-order valence-corrected chi connectivity index (χ4v) is 2.63. The standard InChI is InChI=1S/C19H23N3O2/c1-4-14(5-2)12-24-15-7-9-18(19(23)11-15)22-20-16-8-6-13(3)10-17(16)21-22/h6-11,14,23H,4-5,12H2,1-3H3. The van der Waals surface area contributed by atoms with Crippen molar-refractivity contribution in [2.45, 2.75) is 33.6 Å². The van der Waals surface area contributed by atoms with Gasteiger partial charge in [-0.1, -0.05) is 32.8 Å². The molecule has 0 fully saturated rings. The van der Waals surface area contributed by atoms with Gasteiger partial charge in [-0.25, -0.2) is 0 Å². The van der Waals surface area contributed by atoms with Gasteiger partial charge in [0, 0.05) is 6.07 Å². The number of phenolic OH excluding ortho intramolecular Hbond substituents is 1. The first-order valence-electron chi connectivity index (χ1n) is 8.40. The Morgan fingerprint density at radius 2 is 1.79 bits per heavy atom. The normalized spacial score (nSPS) is 11.3. The molecule has 0 aliphatic rings. The van der Waals surface area contributed by atoms with E-state index in [1.165, 1.54) is 4.80 Å². The number of hydrogen-bond donors (Lipinski definition) is 1. The van der Waals surface area contributed by atoms with Gasteiger partial charge in [0.05, 0.1) is 6.61 Å².